The Morgan fingerprint density at radius 3 is 2.88 bits per heavy atom. The van der Waals surface area contributed by atoms with E-state index >= 15 is 0 Å². The molecule has 0 bridgehead atoms. The lowest BCUT2D eigenvalue weighted by Crippen LogP contribution is -2.37. The third-order valence-electron chi connectivity index (χ3n) is 6.22. The molecule has 3 aromatic rings. The number of nitrogens with zero attached hydrogens (tertiary/aromatic N) is 2. The Hall–Kier alpha value is -3.20. The average Bonchev–Trinajstić information content (AvgIpc) is 3.18. The fourth-order valence-electron chi connectivity index (χ4n) is 4.33. The summed E-state index contributed by atoms with van der Waals surface area (Å²) in [5.41, 5.74) is 8.43. The van der Waals surface area contributed by atoms with E-state index in [4.69, 9.17) is 20.6 Å². The molecule has 168 valence electrons. The first-order chi connectivity index (χ1) is 15.5. The molecule has 0 spiro atoms. The van der Waals surface area contributed by atoms with Crippen LogP contribution in [0.3, 0.4) is 0 Å². The van der Waals surface area contributed by atoms with Gasteiger partial charge in [0.2, 0.25) is 0 Å². The summed E-state index contributed by atoms with van der Waals surface area (Å²) in [6, 6.07) is 3.47. The molecule has 0 saturated heterocycles. The van der Waals surface area contributed by atoms with Crippen LogP contribution in [0.2, 0.25) is 0 Å². The number of ether oxygens (including phenoxy) is 2. The number of benzene rings is 1. The number of esters is 1. The number of carbonyl (C=O) groups is 1. The summed E-state index contributed by atoms with van der Waals surface area (Å²) in [4.78, 5) is 23.8. The van der Waals surface area contributed by atoms with Crippen LogP contribution >= 0.6 is 11.3 Å². The molecule has 1 aromatic carbocycles. The maximum atomic E-state index is 12.7. The highest BCUT2D eigenvalue weighted by Gasteiger charge is 2.42. The molecule has 4 rings (SSSR count). The minimum absolute atomic E-state index is 0.110. The molecule has 32 heavy (non-hydrogen) atoms. The number of carbonyl (C=O) groups excluding carboxylic acids is 1. The number of hydrogen-bond donors (Lipinski definition) is 3. The van der Waals surface area contributed by atoms with Crippen molar-refractivity contribution in [2.24, 2.45) is 5.41 Å². The highest BCUT2D eigenvalue weighted by molar-refractivity contribution is 7.19. The first kappa shape index (κ1) is 22.0. The van der Waals surface area contributed by atoms with E-state index in [1.165, 1.54) is 18.1 Å². The fourth-order valence-corrected chi connectivity index (χ4v) is 5.67. The Bertz CT molecular complexity index is 1190. The molecule has 9 heteroatoms. The number of hydrogen-bond acceptors (Lipinski definition) is 9. The molecule has 0 fully saturated rings. The third kappa shape index (κ3) is 3.66. The zero-order valence-electron chi connectivity index (χ0n) is 18.4. The van der Waals surface area contributed by atoms with Crippen LogP contribution in [0, 0.1) is 10.8 Å². The van der Waals surface area contributed by atoms with E-state index < -0.39 is 5.41 Å². The van der Waals surface area contributed by atoms with Crippen molar-refractivity contribution in [2.45, 2.75) is 39.5 Å². The maximum absolute atomic E-state index is 12.7. The molecule has 1 aliphatic rings. The summed E-state index contributed by atoms with van der Waals surface area (Å²) in [7, 11) is 1.58. The summed E-state index contributed by atoms with van der Waals surface area (Å²) in [6.07, 6.45) is 5.63. The SMILES string of the molecule is CCOC(=O)[C@]1(CC)CCc2c(sc3ncnc(Nc4cc(C=N)c(N)cc4OC)c23)C1. The zero-order chi connectivity index (χ0) is 22.9. The van der Waals surface area contributed by atoms with E-state index in [1.807, 2.05) is 6.92 Å². The van der Waals surface area contributed by atoms with Gasteiger partial charge in [-0.15, -0.1) is 11.3 Å². The van der Waals surface area contributed by atoms with Crippen LogP contribution in [0.15, 0.2) is 18.5 Å². The molecule has 2 aromatic heterocycles. The monoisotopic (exact) mass is 453 g/mol. The second kappa shape index (κ2) is 8.74. The number of rotatable bonds is 7. The predicted octanol–water partition coefficient (Wildman–Crippen LogP) is 4.47. The number of anilines is 3. The summed E-state index contributed by atoms with van der Waals surface area (Å²) in [5.74, 6) is 1.13. The molecule has 0 aliphatic heterocycles. The summed E-state index contributed by atoms with van der Waals surface area (Å²) in [5, 5.41) is 11.9. The Labute approximate surface area is 190 Å². The van der Waals surface area contributed by atoms with Crippen LogP contribution in [0.25, 0.3) is 10.2 Å². The summed E-state index contributed by atoms with van der Waals surface area (Å²) < 4.78 is 10.9. The van der Waals surface area contributed by atoms with Crippen LogP contribution in [-0.2, 0) is 22.4 Å². The van der Waals surface area contributed by atoms with Crippen molar-refractivity contribution in [3.8, 4) is 5.75 Å². The summed E-state index contributed by atoms with van der Waals surface area (Å²) >= 11 is 1.61. The van der Waals surface area contributed by atoms with E-state index in [9.17, 15) is 4.79 Å². The van der Waals surface area contributed by atoms with Crippen LogP contribution in [0.1, 0.15) is 42.7 Å². The molecule has 0 radical (unpaired) electrons. The molecule has 0 saturated carbocycles. The fraction of sp³-hybridized carbons (Fsp3) is 0.391. The topological polar surface area (TPSA) is 123 Å². The van der Waals surface area contributed by atoms with Gasteiger partial charge in [0.25, 0.3) is 0 Å². The third-order valence-corrected chi connectivity index (χ3v) is 7.36. The second-order valence-electron chi connectivity index (χ2n) is 7.89. The molecule has 0 amide bonds. The number of fused-ring (bicyclic) bond motifs is 3. The van der Waals surface area contributed by atoms with Gasteiger partial charge >= 0.3 is 5.97 Å². The van der Waals surface area contributed by atoms with Gasteiger partial charge in [-0.05, 0) is 44.2 Å². The highest BCUT2D eigenvalue weighted by atomic mass is 32.1. The van der Waals surface area contributed by atoms with E-state index in [1.54, 1.807) is 30.6 Å². The number of aromatic nitrogens is 2. The number of aryl methyl sites for hydroxylation is 1. The molecule has 2 heterocycles. The molecule has 4 N–H and O–H groups in total. The quantitative estimate of drug-likeness (QED) is 0.274. The number of nitrogens with one attached hydrogen (secondary N) is 2. The average molecular weight is 454 g/mol. The van der Waals surface area contributed by atoms with Gasteiger partial charge in [0.1, 0.15) is 22.7 Å². The van der Waals surface area contributed by atoms with Crippen LogP contribution < -0.4 is 15.8 Å². The smallest absolute Gasteiger partial charge is 0.312 e. The zero-order valence-corrected chi connectivity index (χ0v) is 19.3. The maximum Gasteiger partial charge on any atom is 0.312 e. The molecular formula is C23H27N5O3S. The van der Waals surface area contributed by atoms with Gasteiger partial charge in [-0.3, -0.25) is 4.79 Å². The van der Waals surface area contributed by atoms with Crippen molar-refractivity contribution in [1.82, 2.24) is 9.97 Å². The Morgan fingerprint density at radius 2 is 2.19 bits per heavy atom. The van der Waals surface area contributed by atoms with Gasteiger partial charge in [0.05, 0.1) is 30.2 Å². The lowest BCUT2D eigenvalue weighted by atomic mass is 9.72. The van der Waals surface area contributed by atoms with Gasteiger partial charge in [0.15, 0.2) is 0 Å². The van der Waals surface area contributed by atoms with E-state index in [0.717, 1.165) is 34.4 Å². The van der Waals surface area contributed by atoms with E-state index in [0.29, 0.717) is 41.5 Å². The van der Waals surface area contributed by atoms with Gasteiger partial charge in [-0.2, -0.15) is 0 Å². The van der Waals surface area contributed by atoms with E-state index in [2.05, 4.69) is 22.2 Å². The van der Waals surface area contributed by atoms with Crippen molar-refractivity contribution >= 4 is 50.9 Å². The van der Waals surface area contributed by atoms with Crippen LogP contribution in [-0.4, -0.2) is 35.9 Å². The normalized spacial score (nSPS) is 17.6. The lowest BCUT2D eigenvalue weighted by molar-refractivity contribution is -0.156. The van der Waals surface area contributed by atoms with Crippen molar-refractivity contribution in [1.29, 1.82) is 5.41 Å². The van der Waals surface area contributed by atoms with Crippen molar-refractivity contribution in [2.75, 3.05) is 24.8 Å². The Kier molecular flexibility index (Phi) is 6.01. The molecular weight excluding hydrogens is 426 g/mol. The molecule has 1 atom stereocenters. The van der Waals surface area contributed by atoms with Gasteiger partial charge in [-0.25, -0.2) is 9.97 Å². The first-order valence-electron chi connectivity index (χ1n) is 10.6. The Balaban J connectivity index is 1.76. The summed E-state index contributed by atoms with van der Waals surface area (Å²) in [6.45, 7) is 4.29. The lowest BCUT2D eigenvalue weighted by Gasteiger charge is -2.33. The second-order valence-corrected chi connectivity index (χ2v) is 8.97. The molecule has 0 unspecified atom stereocenters. The standard InChI is InChI=1S/C23H27N5O3S/c1-4-23(22(29)31-5-2)7-6-14-18(10-23)32-21-19(14)20(26-12-27-21)28-16-8-13(11-24)15(25)9-17(16)30-3/h8-9,11-12,24H,4-7,10,25H2,1-3H3,(H,26,27,28)/t23-/m1/s1. The minimum atomic E-state index is -0.482. The van der Waals surface area contributed by atoms with Crippen molar-refractivity contribution in [3.63, 3.8) is 0 Å². The number of nitrogen functional groups attached to an aromatic ring is 1. The Morgan fingerprint density at radius 1 is 1.38 bits per heavy atom. The van der Waals surface area contributed by atoms with Gasteiger partial charge in [-0.1, -0.05) is 6.92 Å². The largest absolute Gasteiger partial charge is 0.494 e. The first-order valence-corrected chi connectivity index (χ1v) is 11.5. The van der Waals surface area contributed by atoms with Crippen molar-refractivity contribution < 1.29 is 14.3 Å². The molecule has 1 aliphatic carbocycles. The molecule has 8 nitrogen and oxygen atoms in total. The van der Waals surface area contributed by atoms with Gasteiger partial charge in [0, 0.05) is 28.4 Å². The number of methoxy groups -OCH3 is 1. The highest BCUT2D eigenvalue weighted by Crippen LogP contribution is 2.46. The van der Waals surface area contributed by atoms with Gasteiger partial charge < -0.3 is 25.9 Å². The van der Waals surface area contributed by atoms with E-state index in [-0.39, 0.29) is 5.97 Å². The number of nitrogens with two attached hydrogens (primary N) is 1. The van der Waals surface area contributed by atoms with Crippen molar-refractivity contribution in [3.05, 3.63) is 34.5 Å². The van der Waals surface area contributed by atoms with Crippen LogP contribution in [0.4, 0.5) is 17.2 Å². The predicted molar refractivity (Wildman–Crippen MR) is 127 cm³/mol. The minimum Gasteiger partial charge on any atom is -0.494 e. The van der Waals surface area contributed by atoms with Crippen LogP contribution in [0.5, 0.6) is 5.75 Å². The number of thiophene rings is 1.